The molecule has 0 saturated carbocycles. The van der Waals surface area contributed by atoms with Gasteiger partial charge in [0.05, 0.1) is 23.7 Å². The van der Waals surface area contributed by atoms with Gasteiger partial charge in [-0.25, -0.2) is 4.39 Å². The number of carbonyl (C=O) groups excluding carboxylic acids is 2. The molecule has 1 unspecified atom stereocenters. The average Bonchev–Trinajstić information content (AvgIpc) is 3.06. The maximum absolute atomic E-state index is 13.7. The Balaban J connectivity index is 1.94. The molecule has 1 amide bonds. The first kappa shape index (κ1) is 20.6. The predicted molar refractivity (Wildman–Crippen MR) is 113 cm³/mol. The van der Waals surface area contributed by atoms with Crippen LogP contribution in [0.15, 0.2) is 72.6 Å². The zero-order valence-corrected chi connectivity index (χ0v) is 17.0. The molecule has 8 heteroatoms. The van der Waals surface area contributed by atoms with Crippen molar-refractivity contribution in [3.63, 3.8) is 0 Å². The second kappa shape index (κ2) is 8.20. The van der Waals surface area contributed by atoms with Crippen molar-refractivity contribution >= 4 is 34.7 Å². The number of halogens is 2. The summed E-state index contributed by atoms with van der Waals surface area (Å²) >= 11 is 5.92. The number of aromatic nitrogens is 1. The summed E-state index contributed by atoms with van der Waals surface area (Å²) in [5.74, 6) is -2.27. The molecule has 1 aliphatic rings. The fourth-order valence-electron chi connectivity index (χ4n) is 3.52. The molecule has 1 fully saturated rings. The van der Waals surface area contributed by atoms with Gasteiger partial charge in [-0.2, -0.15) is 0 Å². The van der Waals surface area contributed by atoms with Crippen molar-refractivity contribution in [1.29, 1.82) is 0 Å². The highest BCUT2D eigenvalue weighted by Gasteiger charge is 2.47. The molecular formula is C23H16ClFN2O4. The monoisotopic (exact) mass is 438 g/mol. The number of carbonyl (C=O) groups is 2. The van der Waals surface area contributed by atoms with E-state index in [1.54, 1.807) is 36.4 Å². The fourth-order valence-corrected chi connectivity index (χ4v) is 3.70. The summed E-state index contributed by atoms with van der Waals surface area (Å²) < 4.78 is 18.9. The van der Waals surface area contributed by atoms with Crippen LogP contribution in [0.2, 0.25) is 5.02 Å². The number of hydrogen-bond donors (Lipinski definition) is 1. The van der Waals surface area contributed by atoms with Gasteiger partial charge in [0, 0.05) is 23.6 Å². The minimum absolute atomic E-state index is 0.107. The normalized spacial score (nSPS) is 17.8. The number of hydrogen-bond acceptors (Lipinski definition) is 5. The summed E-state index contributed by atoms with van der Waals surface area (Å²) in [5.41, 5.74) is 0.970. The third-order valence-corrected chi connectivity index (χ3v) is 5.28. The van der Waals surface area contributed by atoms with Crippen molar-refractivity contribution in [2.45, 2.75) is 6.04 Å². The van der Waals surface area contributed by atoms with Gasteiger partial charge in [-0.15, -0.1) is 0 Å². The van der Waals surface area contributed by atoms with Crippen molar-refractivity contribution in [3.05, 3.63) is 94.5 Å². The third kappa shape index (κ3) is 3.64. The second-order valence-corrected chi connectivity index (χ2v) is 7.19. The number of methoxy groups -OCH3 is 1. The van der Waals surface area contributed by atoms with Crippen molar-refractivity contribution in [2.75, 3.05) is 12.0 Å². The van der Waals surface area contributed by atoms with E-state index in [4.69, 9.17) is 16.3 Å². The first-order valence-corrected chi connectivity index (χ1v) is 9.60. The maximum Gasteiger partial charge on any atom is 0.300 e. The Labute approximate surface area is 182 Å². The molecule has 1 N–H and O–H groups in total. The van der Waals surface area contributed by atoms with E-state index in [-0.39, 0.29) is 22.0 Å². The van der Waals surface area contributed by atoms with Crippen LogP contribution in [0.5, 0.6) is 5.75 Å². The number of amides is 1. The summed E-state index contributed by atoms with van der Waals surface area (Å²) in [6.45, 7) is 0. The fraction of sp³-hybridized carbons (Fsp3) is 0.0870. The number of ether oxygens (including phenoxy) is 1. The van der Waals surface area contributed by atoms with Crippen LogP contribution < -0.4 is 9.64 Å². The molecule has 31 heavy (non-hydrogen) atoms. The van der Waals surface area contributed by atoms with E-state index >= 15 is 0 Å². The minimum atomic E-state index is -0.962. The van der Waals surface area contributed by atoms with E-state index in [9.17, 15) is 19.1 Å². The number of aliphatic hydroxyl groups excluding tert-OH is 1. The van der Waals surface area contributed by atoms with Crippen LogP contribution in [0.25, 0.3) is 5.76 Å². The number of anilines is 1. The smallest absolute Gasteiger partial charge is 0.300 e. The molecule has 1 aromatic heterocycles. The summed E-state index contributed by atoms with van der Waals surface area (Å²) in [7, 11) is 1.48. The molecule has 1 aliphatic heterocycles. The first-order valence-electron chi connectivity index (χ1n) is 9.22. The van der Waals surface area contributed by atoms with E-state index in [1.807, 2.05) is 0 Å². The Kier molecular flexibility index (Phi) is 5.44. The summed E-state index contributed by atoms with van der Waals surface area (Å²) in [5, 5.41) is 10.9. The van der Waals surface area contributed by atoms with Gasteiger partial charge in [-0.1, -0.05) is 23.7 Å². The average molecular weight is 439 g/mol. The first-order chi connectivity index (χ1) is 14.9. The Morgan fingerprint density at radius 1 is 1.13 bits per heavy atom. The Morgan fingerprint density at radius 2 is 1.87 bits per heavy atom. The van der Waals surface area contributed by atoms with Crippen molar-refractivity contribution < 1.29 is 23.8 Å². The molecule has 1 saturated heterocycles. The number of ketones is 1. The molecule has 0 aliphatic carbocycles. The van der Waals surface area contributed by atoms with Crippen LogP contribution in [-0.4, -0.2) is 28.9 Å². The topological polar surface area (TPSA) is 79.7 Å². The molecule has 4 rings (SSSR count). The minimum Gasteiger partial charge on any atom is -0.507 e. The third-order valence-electron chi connectivity index (χ3n) is 4.99. The second-order valence-electron chi connectivity index (χ2n) is 6.78. The number of pyridine rings is 1. The van der Waals surface area contributed by atoms with Gasteiger partial charge < -0.3 is 9.84 Å². The SMILES string of the molecule is COc1cccc(/C(O)=C2\C(=O)C(=O)N(c3ccc(F)c(Cl)c3)C2c2ccncc2)c1. The van der Waals surface area contributed by atoms with Gasteiger partial charge in [0.1, 0.15) is 17.3 Å². The number of benzene rings is 2. The highest BCUT2D eigenvalue weighted by Crippen LogP contribution is 2.42. The maximum atomic E-state index is 13.7. The van der Waals surface area contributed by atoms with Crippen LogP contribution >= 0.6 is 11.6 Å². The lowest BCUT2D eigenvalue weighted by Gasteiger charge is -2.25. The van der Waals surface area contributed by atoms with Crippen molar-refractivity contribution in [1.82, 2.24) is 4.98 Å². The predicted octanol–water partition coefficient (Wildman–Crippen LogP) is 4.51. The van der Waals surface area contributed by atoms with Crippen LogP contribution in [-0.2, 0) is 9.59 Å². The van der Waals surface area contributed by atoms with E-state index in [0.29, 0.717) is 16.9 Å². The summed E-state index contributed by atoms with van der Waals surface area (Å²) in [4.78, 5) is 31.2. The standard InChI is InChI=1S/C23H16ClFN2O4/c1-31-16-4-2-3-14(11-16)21(28)19-20(13-7-9-26-10-8-13)27(23(30)22(19)29)15-5-6-18(25)17(24)12-15/h2-12,20,28H,1H3/b21-19+. The molecule has 2 aromatic carbocycles. The largest absolute Gasteiger partial charge is 0.507 e. The van der Waals surface area contributed by atoms with Crippen LogP contribution in [0, 0.1) is 5.82 Å². The molecule has 1 atom stereocenters. The van der Waals surface area contributed by atoms with E-state index < -0.39 is 23.5 Å². The van der Waals surface area contributed by atoms with E-state index in [0.717, 1.165) is 6.07 Å². The molecule has 6 nitrogen and oxygen atoms in total. The molecule has 2 heterocycles. The van der Waals surface area contributed by atoms with Crippen LogP contribution in [0.4, 0.5) is 10.1 Å². The molecule has 0 radical (unpaired) electrons. The molecule has 0 spiro atoms. The van der Waals surface area contributed by atoms with Gasteiger partial charge >= 0.3 is 0 Å². The lowest BCUT2D eigenvalue weighted by Crippen LogP contribution is -2.29. The zero-order valence-electron chi connectivity index (χ0n) is 16.3. The zero-order chi connectivity index (χ0) is 22.1. The molecule has 0 bridgehead atoms. The lowest BCUT2D eigenvalue weighted by molar-refractivity contribution is -0.132. The van der Waals surface area contributed by atoms with E-state index in [1.165, 1.54) is 36.5 Å². The lowest BCUT2D eigenvalue weighted by atomic mass is 9.95. The summed E-state index contributed by atoms with van der Waals surface area (Å²) in [6.07, 6.45) is 3.03. The quantitative estimate of drug-likeness (QED) is 0.368. The van der Waals surface area contributed by atoms with Crippen molar-refractivity contribution in [3.8, 4) is 5.75 Å². The van der Waals surface area contributed by atoms with Crippen LogP contribution in [0.3, 0.4) is 0 Å². The Hall–Kier alpha value is -3.71. The number of aliphatic hydroxyl groups is 1. The van der Waals surface area contributed by atoms with Gasteiger partial charge in [0.2, 0.25) is 0 Å². The Morgan fingerprint density at radius 3 is 2.55 bits per heavy atom. The van der Waals surface area contributed by atoms with E-state index in [2.05, 4.69) is 4.98 Å². The van der Waals surface area contributed by atoms with Gasteiger partial charge in [0.15, 0.2) is 0 Å². The number of nitrogens with zero attached hydrogens (tertiary/aromatic N) is 2. The number of Topliss-reactive ketones (excluding diaryl/α,β-unsaturated/α-hetero) is 1. The molecule has 156 valence electrons. The van der Waals surface area contributed by atoms with Gasteiger partial charge in [0.25, 0.3) is 11.7 Å². The highest BCUT2D eigenvalue weighted by molar-refractivity contribution is 6.51. The van der Waals surface area contributed by atoms with Gasteiger partial charge in [-0.05, 0) is 48.0 Å². The van der Waals surface area contributed by atoms with Crippen molar-refractivity contribution in [2.24, 2.45) is 0 Å². The molecule has 3 aromatic rings. The highest BCUT2D eigenvalue weighted by atomic mass is 35.5. The Bertz CT molecular complexity index is 1210. The van der Waals surface area contributed by atoms with Crippen LogP contribution in [0.1, 0.15) is 17.2 Å². The number of rotatable bonds is 4. The molecular weight excluding hydrogens is 423 g/mol. The van der Waals surface area contributed by atoms with Gasteiger partial charge in [-0.3, -0.25) is 19.5 Å². The summed E-state index contributed by atoms with van der Waals surface area (Å²) in [6, 6.07) is 12.5.